The Kier molecular flexibility index (Phi) is 2.99. The number of nitrogens with zero attached hydrogens (tertiary/aromatic N) is 3. The average molecular weight is 162 g/mol. The van der Waals surface area contributed by atoms with Crippen LogP contribution in [-0.2, 0) is 6.54 Å². The second-order valence-corrected chi connectivity index (χ2v) is 2.34. The molecule has 1 rings (SSSR count). The minimum atomic E-state index is 0.409. The molecule has 0 amide bonds. The smallest absolute Gasteiger partial charge is 0.0511 e. The van der Waals surface area contributed by atoms with E-state index in [0.29, 0.717) is 6.54 Å². The number of azide groups is 1. The fourth-order valence-electron chi connectivity index (χ4n) is 0.938. The summed E-state index contributed by atoms with van der Waals surface area (Å²) in [6, 6.07) is 7.76. The summed E-state index contributed by atoms with van der Waals surface area (Å²) in [6.07, 6.45) is 0. The standard InChI is InChI=1S/C8H10N4/c1-10-8-4-2-3-7(5-8)6-11-12-9/h2-5,10H,6H2,1H3. The highest BCUT2D eigenvalue weighted by Crippen LogP contribution is 2.10. The predicted octanol–water partition coefficient (Wildman–Crippen LogP) is 2.54. The Balaban J connectivity index is 2.78. The molecule has 0 atom stereocenters. The van der Waals surface area contributed by atoms with E-state index in [-0.39, 0.29) is 0 Å². The Morgan fingerprint density at radius 3 is 3.08 bits per heavy atom. The van der Waals surface area contributed by atoms with Crippen molar-refractivity contribution in [3.8, 4) is 0 Å². The molecular formula is C8H10N4. The summed E-state index contributed by atoms with van der Waals surface area (Å²) in [5.41, 5.74) is 10.1. The lowest BCUT2D eigenvalue weighted by Gasteiger charge is -2.00. The largest absolute Gasteiger partial charge is 0.388 e. The third-order valence-electron chi connectivity index (χ3n) is 1.53. The van der Waals surface area contributed by atoms with Crippen LogP contribution >= 0.6 is 0 Å². The molecule has 1 aromatic carbocycles. The van der Waals surface area contributed by atoms with E-state index < -0.39 is 0 Å². The molecule has 0 fully saturated rings. The average Bonchev–Trinajstić information content (AvgIpc) is 2.15. The molecule has 0 saturated carbocycles. The fraction of sp³-hybridized carbons (Fsp3) is 0.250. The van der Waals surface area contributed by atoms with Crippen LogP contribution in [0.2, 0.25) is 0 Å². The molecule has 1 aromatic rings. The van der Waals surface area contributed by atoms with Crippen molar-refractivity contribution in [3.05, 3.63) is 40.3 Å². The Hall–Kier alpha value is -1.67. The summed E-state index contributed by atoms with van der Waals surface area (Å²) in [5, 5.41) is 6.48. The topological polar surface area (TPSA) is 60.8 Å². The molecule has 0 bridgehead atoms. The highest BCUT2D eigenvalue weighted by Gasteiger charge is 1.91. The van der Waals surface area contributed by atoms with Gasteiger partial charge in [-0.1, -0.05) is 17.2 Å². The number of benzene rings is 1. The lowest BCUT2D eigenvalue weighted by atomic mass is 10.2. The van der Waals surface area contributed by atoms with E-state index in [9.17, 15) is 0 Å². The fourth-order valence-corrected chi connectivity index (χ4v) is 0.938. The van der Waals surface area contributed by atoms with Crippen LogP contribution in [0.3, 0.4) is 0 Å². The maximum absolute atomic E-state index is 8.10. The van der Waals surface area contributed by atoms with E-state index in [2.05, 4.69) is 15.3 Å². The number of rotatable bonds is 3. The van der Waals surface area contributed by atoms with Gasteiger partial charge in [-0.3, -0.25) is 0 Å². The predicted molar refractivity (Wildman–Crippen MR) is 48.8 cm³/mol. The van der Waals surface area contributed by atoms with Gasteiger partial charge in [0.2, 0.25) is 0 Å². The van der Waals surface area contributed by atoms with Crippen LogP contribution in [-0.4, -0.2) is 7.05 Å². The zero-order chi connectivity index (χ0) is 8.81. The van der Waals surface area contributed by atoms with Crippen molar-refractivity contribution in [2.24, 2.45) is 5.11 Å². The summed E-state index contributed by atoms with van der Waals surface area (Å²) in [4.78, 5) is 2.69. The van der Waals surface area contributed by atoms with Crippen molar-refractivity contribution in [2.45, 2.75) is 6.54 Å². The van der Waals surface area contributed by atoms with E-state index in [1.807, 2.05) is 31.3 Å². The molecule has 4 nitrogen and oxygen atoms in total. The minimum Gasteiger partial charge on any atom is -0.388 e. The molecule has 0 aliphatic rings. The van der Waals surface area contributed by atoms with Gasteiger partial charge in [0.05, 0.1) is 6.54 Å². The molecule has 12 heavy (non-hydrogen) atoms. The molecule has 0 aliphatic carbocycles. The van der Waals surface area contributed by atoms with Gasteiger partial charge in [-0.25, -0.2) is 0 Å². The Labute approximate surface area is 70.8 Å². The van der Waals surface area contributed by atoms with Crippen LogP contribution in [0.15, 0.2) is 29.4 Å². The first-order valence-corrected chi connectivity index (χ1v) is 3.64. The van der Waals surface area contributed by atoms with Crippen molar-refractivity contribution < 1.29 is 0 Å². The number of hydrogen-bond acceptors (Lipinski definition) is 2. The van der Waals surface area contributed by atoms with Gasteiger partial charge in [0.1, 0.15) is 0 Å². The summed E-state index contributed by atoms with van der Waals surface area (Å²) in [6.45, 7) is 0.409. The molecule has 62 valence electrons. The third kappa shape index (κ3) is 2.18. The zero-order valence-corrected chi connectivity index (χ0v) is 6.86. The Bertz CT molecular complexity index is 302. The summed E-state index contributed by atoms with van der Waals surface area (Å²) in [5.74, 6) is 0. The van der Waals surface area contributed by atoms with Gasteiger partial charge >= 0.3 is 0 Å². The van der Waals surface area contributed by atoms with E-state index in [1.165, 1.54) is 0 Å². The van der Waals surface area contributed by atoms with Crippen molar-refractivity contribution in [1.82, 2.24) is 0 Å². The van der Waals surface area contributed by atoms with Gasteiger partial charge in [-0.2, -0.15) is 0 Å². The van der Waals surface area contributed by atoms with Crippen LogP contribution < -0.4 is 5.32 Å². The normalized spacial score (nSPS) is 8.75. The Morgan fingerprint density at radius 2 is 2.42 bits per heavy atom. The van der Waals surface area contributed by atoms with Crippen LogP contribution in [0.5, 0.6) is 0 Å². The van der Waals surface area contributed by atoms with Gasteiger partial charge in [-0.15, -0.1) is 0 Å². The highest BCUT2D eigenvalue weighted by atomic mass is 15.1. The lowest BCUT2D eigenvalue weighted by Crippen LogP contribution is -1.88. The molecule has 4 heteroatoms. The van der Waals surface area contributed by atoms with E-state index in [4.69, 9.17) is 5.53 Å². The van der Waals surface area contributed by atoms with E-state index >= 15 is 0 Å². The highest BCUT2D eigenvalue weighted by molar-refractivity contribution is 5.44. The number of nitrogens with one attached hydrogen (secondary N) is 1. The first-order chi connectivity index (χ1) is 5.86. The lowest BCUT2D eigenvalue weighted by molar-refractivity contribution is 1.05. The van der Waals surface area contributed by atoms with Gasteiger partial charge in [0.25, 0.3) is 0 Å². The SMILES string of the molecule is CNc1cccc(CN=[N+]=[N-])c1. The van der Waals surface area contributed by atoms with Crippen LogP contribution in [0, 0.1) is 0 Å². The second kappa shape index (κ2) is 4.26. The molecule has 0 radical (unpaired) electrons. The van der Waals surface area contributed by atoms with Gasteiger partial charge < -0.3 is 5.32 Å². The molecular weight excluding hydrogens is 152 g/mol. The molecule has 1 N–H and O–H groups in total. The second-order valence-electron chi connectivity index (χ2n) is 2.34. The van der Waals surface area contributed by atoms with Crippen LogP contribution in [0.4, 0.5) is 5.69 Å². The number of hydrogen-bond donors (Lipinski definition) is 1. The molecule has 0 spiro atoms. The summed E-state index contributed by atoms with van der Waals surface area (Å²) >= 11 is 0. The van der Waals surface area contributed by atoms with Gasteiger partial charge in [0, 0.05) is 17.6 Å². The summed E-state index contributed by atoms with van der Waals surface area (Å²) < 4.78 is 0. The molecule has 0 aliphatic heterocycles. The summed E-state index contributed by atoms with van der Waals surface area (Å²) in [7, 11) is 1.85. The van der Waals surface area contributed by atoms with Crippen LogP contribution in [0.1, 0.15) is 5.56 Å². The van der Waals surface area contributed by atoms with E-state index in [1.54, 1.807) is 0 Å². The third-order valence-corrected chi connectivity index (χ3v) is 1.53. The van der Waals surface area contributed by atoms with Crippen LogP contribution in [0.25, 0.3) is 10.4 Å². The Morgan fingerprint density at radius 1 is 1.58 bits per heavy atom. The quantitative estimate of drug-likeness (QED) is 0.414. The van der Waals surface area contributed by atoms with Crippen molar-refractivity contribution in [1.29, 1.82) is 0 Å². The van der Waals surface area contributed by atoms with Crippen molar-refractivity contribution in [3.63, 3.8) is 0 Å². The van der Waals surface area contributed by atoms with Gasteiger partial charge in [-0.05, 0) is 23.2 Å². The van der Waals surface area contributed by atoms with Crippen molar-refractivity contribution in [2.75, 3.05) is 12.4 Å². The minimum absolute atomic E-state index is 0.409. The number of anilines is 1. The monoisotopic (exact) mass is 162 g/mol. The maximum Gasteiger partial charge on any atom is 0.0511 e. The first kappa shape index (κ1) is 8.43. The molecule has 0 unspecified atom stereocenters. The van der Waals surface area contributed by atoms with Gasteiger partial charge in [0.15, 0.2) is 0 Å². The molecule has 0 heterocycles. The molecule has 0 aromatic heterocycles. The molecule has 0 saturated heterocycles. The maximum atomic E-state index is 8.10. The van der Waals surface area contributed by atoms with E-state index in [0.717, 1.165) is 11.3 Å². The zero-order valence-electron chi connectivity index (χ0n) is 6.86. The first-order valence-electron chi connectivity index (χ1n) is 3.64. The van der Waals surface area contributed by atoms with Crippen molar-refractivity contribution >= 4 is 5.69 Å².